The van der Waals surface area contributed by atoms with Crippen LogP contribution in [-0.2, 0) is 12.8 Å². The van der Waals surface area contributed by atoms with Crippen LogP contribution in [0.25, 0.3) is 12.2 Å². The molecule has 0 bridgehead atoms. The molecule has 3 aromatic rings. The summed E-state index contributed by atoms with van der Waals surface area (Å²) in [7, 11) is 0. The van der Waals surface area contributed by atoms with Crippen molar-refractivity contribution in [1.29, 1.82) is 0 Å². The highest BCUT2D eigenvalue weighted by atomic mass is 14.1. The van der Waals surface area contributed by atoms with Crippen molar-refractivity contribution >= 4 is 12.2 Å². The van der Waals surface area contributed by atoms with Gasteiger partial charge in [0, 0.05) is 0 Å². The first-order valence-electron chi connectivity index (χ1n) is 9.94. The highest BCUT2D eigenvalue weighted by Crippen LogP contribution is 2.25. The molecule has 0 aliphatic heterocycles. The van der Waals surface area contributed by atoms with E-state index < -0.39 is 0 Å². The molecule has 3 rings (SSSR count). The molecule has 0 radical (unpaired) electrons. The molecular formula is C28H30. The lowest BCUT2D eigenvalue weighted by Crippen LogP contribution is -2.00. The van der Waals surface area contributed by atoms with E-state index in [1.807, 2.05) is 12.2 Å². The van der Waals surface area contributed by atoms with Crippen molar-refractivity contribution in [2.24, 2.45) is 0 Å². The van der Waals surface area contributed by atoms with Crippen LogP contribution < -0.4 is 0 Å². The average Bonchev–Trinajstić information content (AvgIpc) is 2.68. The van der Waals surface area contributed by atoms with Gasteiger partial charge in [-0.3, -0.25) is 0 Å². The van der Waals surface area contributed by atoms with Crippen LogP contribution in [0.3, 0.4) is 0 Å². The summed E-state index contributed by atoms with van der Waals surface area (Å²) in [5.41, 5.74) is 13.3. The van der Waals surface area contributed by atoms with E-state index in [4.69, 9.17) is 0 Å². The van der Waals surface area contributed by atoms with Crippen LogP contribution in [0.1, 0.15) is 55.6 Å². The van der Waals surface area contributed by atoms with Gasteiger partial charge in [-0.25, -0.2) is 0 Å². The molecule has 0 unspecified atom stereocenters. The van der Waals surface area contributed by atoms with Crippen LogP contribution >= 0.6 is 0 Å². The molecule has 0 fully saturated rings. The highest BCUT2D eigenvalue weighted by molar-refractivity contribution is 5.55. The van der Waals surface area contributed by atoms with Gasteiger partial charge >= 0.3 is 0 Å². The third-order valence-electron chi connectivity index (χ3n) is 5.73. The number of rotatable bonds is 6. The van der Waals surface area contributed by atoms with E-state index in [9.17, 15) is 0 Å². The van der Waals surface area contributed by atoms with Gasteiger partial charge in [-0.1, -0.05) is 73.8 Å². The third kappa shape index (κ3) is 4.34. The Bertz CT molecular complexity index is 1020. The van der Waals surface area contributed by atoms with Crippen molar-refractivity contribution in [2.75, 3.05) is 0 Å². The summed E-state index contributed by atoms with van der Waals surface area (Å²) in [6.45, 7) is 16.6. The molecule has 28 heavy (non-hydrogen) atoms. The second-order valence-corrected chi connectivity index (χ2v) is 7.84. The zero-order valence-electron chi connectivity index (χ0n) is 17.6. The van der Waals surface area contributed by atoms with Crippen LogP contribution in [0.15, 0.2) is 61.7 Å². The molecule has 3 aromatic carbocycles. The van der Waals surface area contributed by atoms with Crippen molar-refractivity contribution in [3.8, 4) is 0 Å². The Morgan fingerprint density at radius 2 is 1.11 bits per heavy atom. The predicted molar refractivity (Wildman–Crippen MR) is 124 cm³/mol. The maximum atomic E-state index is 3.92. The molecule has 0 heteroatoms. The molecule has 0 atom stereocenters. The quantitative estimate of drug-likeness (QED) is 0.427. The molecule has 0 nitrogen and oxygen atoms in total. The summed E-state index contributed by atoms with van der Waals surface area (Å²) in [6, 6.07) is 18.0. The van der Waals surface area contributed by atoms with E-state index in [1.54, 1.807) is 0 Å². The Kier molecular flexibility index (Phi) is 5.99. The summed E-state index contributed by atoms with van der Waals surface area (Å²) in [5.74, 6) is 0. The Labute approximate surface area is 170 Å². The fourth-order valence-electron chi connectivity index (χ4n) is 3.82. The molecule has 0 saturated heterocycles. The summed E-state index contributed by atoms with van der Waals surface area (Å²) in [4.78, 5) is 0. The minimum Gasteiger partial charge on any atom is -0.0985 e. The largest absolute Gasteiger partial charge is 0.0985 e. The van der Waals surface area contributed by atoms with Crippen LogP contribution in [-0.4, -0.2) is 0 Å². The monoisotopic (exact) mass is 366 g/mol. The van der Waals surface area contributed by atoms with E-state index >= 15 is 0 Å². The van der Waals surface area contributed by atoms with Crippen LogP contribution in [0.2, 0.25) is 0 Å². The zero-order chi connectivity index (χ0) is 20.3. The van der Waals surface area contributed by atoms with E-state index in [-0.39, 0.29) is 0 Å². The van der Waals surface area contributed by atoms with Gasteiger partial charge in [-0.05, 0) is 96.2 Å². The maximum absolute atomic E-state index is 3.92. The van der Waals surface area contributed by atoms with Crippen molar-refractivity contribution in [2.45, 2.75) is 40.5 Å². The van der Waals surface area contributed by atoms with Gasteiger partial charge in [0.15, 0.2) is 0 Å². The predicted octanol–water partition coefficient (Wildman–Crippen LogP) is 7.39. The van der Waals surface area contributed by atoms with Gasteiger partial charge in [-0.2, -0.15) is 0 Å². The second-order valence-electron chi connectivity index (χ2n) is 7.84. The van der Waals surface area contributed by atoms with Crippen molar-refractivity contribution in [3.05, 3.63) is 117 Å². The Morgan fingerprint density at radius 1 is 0.607 bits per heavy atom. The van der Waals surface area contributed by atoms with E-state index in [0.29, 0.717) is 0 Å². The summed E-state index contributed by atoms with van der Waals surface area (Å²) in [6.07, 6.45) is 5.78. The second kappa shape index (κ2) is 8.44. The Hall–Kier alpha value is -2.86. The van der Waals surface area contributed by atoms with Gasteiger partial charge in [-0.15, -0.1) is 0 Å². The SMILES string of the molecule is C=Cc1ccc(Cc2cc(C)c(Cc3cc(C)c(C=C)cc3C)cc2C)cc1. The molecule has 0 saturated carbocycles. The lowest BCUT2D eigenvalue weighted by molar-refractivity contribution is 1.08. The summed E-state index contributed by atoms with van der Waals surface area (Å²) >= 11 is 0. The molecule has 0 aromatic heterocycles. The van der Waals surface area contributed by atoms with Gasteiger partial charge in [0.1, 0.15) is 0 Å². The fraction of sp³-hybridized carbons (Fsp3) is 0.214. The van der Waals surface area contributed by atoms with Crippen molar-refractivity contribution < 1.29 is 0 Å². The number of hydrogen-bond donors (Lipinski definition) is 0. The standard InChI is InChI=1S/C28H30/c1-7-23-9-11-24(12-10-23)17-26-15-22(6)28(16-21(26)5)18-27-14-19(3)25(8-2)13-20(27)4/h7-16H,1-2,17-18H2,3-6H3. The molecule has 0 amide bonds. The van der Waals surface area contributed by atoms with Crippen LogP contribution in [0.4, 0.5) is 0 Å². The molecule has 0 N–H and O–H groups in total. The number of aryl methyl sites for hydroxylation is 4. The first-order chi connectivity index (χ1) is 13.4. The normalized spacial score (nSPS) is 10.7. The average molecular weight is 367 g/mol. The molecular weight excluding hydrogens is 336 g/mol. The lowest BCUT2D eigenvalue weighted by atomic mass is 9.90. The molecule has 0 aliphatic carbocycles. The highest BCUT2D eigenvalue weighted by Gasteiger charge is 2.09. The maximum Gasteiger partial charge on any atom is -0.00203 e. The van der Waals surface area contributed by atoms with Gasteiger partial charge in [0.2, 0.25) is 0 Å². The minimum atomic E-state index is 0.969. The topological polar surface area (TPSA) is 0 Å². The molecule has 142 valence electrons. The van der Waals surface area contributed by atoms with Crippen LogP contribution in [0.5, 0.6) is 0 Å². The first-order valence-corrected chi connectivity index (χ1v) is 9.94. The van der Waals surface area contributed by atoms with E-state index in [0.717, 1.165) is 12.8 Å². The summed E-state index contributed by atoms with van der Waals surface area (Å²) < 4.78 is 0. The Balaban J connectivity index is 1.86. The third-order valence-corrected chi connectivity index (χ3v) is 5.73. The molecule has 0 heterocycles. The minimum absolute atomic E-state index is 0.969. The lowest BCUT2D eigenvalue weighted by Gasteiger charge is -2.15. The molecule has 0 aliphatic rings. The van der Waals surface area contributed by atoms with Crippen molar-refractivity contribution in [1.82, 2.24) is 0 Å². The van der Waals surface area contributed by atoms with E-state index in [1.165, 1.54) is 55.6 Å². The van der Waals surface area contributed by atoms with Crippen LogP contribution in [0, 0.1) is 27.7 Å². The number of benzene rings is 3. The van der Waals surface area contributed by atoms with Crippen molar-refractivity contribution in [3.63, 3.8) is 0 Å². The Morgan fingerprint density at radius 3 is 1.64 bits per heavy atom. The zero-order valence-corrected chi connectivity index (χ0v) is 17.6. The first kappa shape index (κ1) is 19.9. The molecule has 0 spiro atoms. The van der Waals surface area contributed by atoms with Gasteiger partial charge in [0.25, 0.3) is 0 Å². The van der Waals surface area contributed by atoms with Gasteiger partial charge < -0.3 is 0 Å². The smallest absolute Gasteiger partial charge is 0.00203 e. The van der Waals surface area contributed by atoms with Gasteiger partial charge in [0.05, 0.1) is 0 Å². The van der Waals surface area contributed by atoms with E-state index in [2.05, 4.69) is 89.4 Å². The fourth-order valence-corrected chi connectivity index (χ4v) is 3.82. The number of hydrogen-bond acceptors (Lipinski definition) is 0. The summed E-state index contributed by atoms with van der Waals surface area (Å²) in [5, 5.41) is 0.